The summed E-state index contributed by atoms with van der Waals surface area (Å²) in [6, 6.07) is 12.1. The van der Waals surface area contributed by atoms with Crippen molar-refractivity contribution in [2.24, 2.45) is 0 Å². The molecule has 1 aromatic carbocycles. The summed E-state index contributed by atoms with van der Waals surface area (Å²) in [7, 11) is 0. The van der Waals surface area contributed by atoms with Crippen molar-refractivity contribution >= 4 is 11.6 Å². The van der Waals surface area contributed by atoms with Gasteiger partial charge in [0.1, 0.15) is 11.3 Å². The molecule has 0 atom stereocenters. The first-order chi connectivity index (χ1) is 14.1. The Kier molecular flexibility index (Phi) is 5.28. The zero-order chi connectivity index (χ0) is 20.2. The molecule has 3 aromatic heterocycles. The molecule has 4 aromatic rings. The Labute approximate surface area is 165 Å². The van der Waals surface area contributed by atoms with E-state index in [4.69, 9.17) is 0 Å². The zero-order valence-corrected chi connectivity index (χ0v) is 15.4. The van der Waals surface area contributed by atoms with Crippen LogP contribution in [0.15, 0.2) is 61.1 Å². The molecular formula is C20H18F2N6O. The number of benzene rings is 1. The molecule has 0 saturated heterocycles. The van der Waals surface area contributed by atoms with Crippen LogP contribution in [-0.2, 0) is 6.54 Å². The number of nitrogens with zero attached hydrogens (tertiary/aromatic N) is 5. The number of aryl methyl sites for hydroxylation is 1. The van der Waals surface area contributed by atoms with Crippen LogP contribution in [0.25, 0.3) is 16.9 Å². The molecule has 1 N–H and O–H groups in total. The fourth-order valence-corrected chi connectivity index (χ4v) is 3.03. The highest BCUT2D eigenvalue weighted by molar-refractivity contribution is 5.99. The van der Waals surface area contributed by atoms with E-state index in [1.165, 1.54) is 12.3 Å². The van der Waals surface area contributed by atoms with E-state index in [-0.39, 0.29) is 16.9 Å². The predicted molar refractivity (Wildman–Crippen MR) is 103 cm³/mol. The number of hydrogen-bond acceptors (Lipinski definition) is 4. The summed E-state index contributed by atoms with van der Waals surface area (Å²) >= 11 is 0. The van der Waals surface area contributed by atoms with Gasteiger partial charge in [-0.2, -0.15) is 10.2 Å². The lowest BCUT2D eigenvalue weighted by atomic mass is 10.1. The van der Waals surface area contributed by atoms with Crippen LogP contribution >= 0.6 is 0 Å². The van der Waals surface area contributed by atoms with Crippen molar-refractivity contribution < 1.29 is 13.6 Å². The lowest BCUT2D eigenvalue weighted by Gasteiger charge is -2.09. The first-order valence-corrected chi connectivity index (χ1v) is 9.11. The van der Waals surface area contributed by atoms with Crippen molar-refractivity contribution in [3.05, 3.63) is 72.3 Å². The van der Waals surface area contributed by atoms with Crippen LogP contribution in [0.1, 0.15) is 28.9 Å². The van der Waals surface area contributed by atoms with Crippen LogP contribution in [0.2, 0.25) is 0 Å². The molecule has 0 fully saturated rings. The van der Waals surface area contributed by atoms with Gasteiger partial charge < -0.3 is 5.32 Å². The number of halogens is 2. The summed E-state index contributed by atoms with van der Waals surface area (Å²) in [5.41, 5.74) is 0.992. The highest BCUT2D eigenvalue weighted by atomic mass is 19.3. The Morgan fingerprint density at radius 3 is 2.69 bits per heavy atom. The van der Waals surface area contributed by atoms with Crippen LogP contribution < -0.4 is 5.32 Å². The maximum absolute atomic E-state index is 13.6. The molecule has 0 aliphatic heterocycles. The van der Waals surface area contributed by atoms with Gasteiger partial charge in [-0.05, 0) is 18.6 Å². The molecule has 29 heavy (non-hydrogen) atoms. The van der Waals surface area contributed by atoms with Crippen molar-refractivity contribution in [3.8, 4) is 11.3 Å². The molecule has 7 nitrogen and oxygen atoms in total. The second-order valence-corrected chi connectivity index (χ2v) is 6.41. The molecule has 0 aliphatic carbocycles. The smallest absolute Gasteiger partial charge is 0.280 e. The number of nitrogens with one attached hydrogen (secondary N) is 1. The zero-order valence-electron chi connectivity index (χ0n) is 15.4. The summed E-state index contributed by atoms with van der Waals surface area (Å²) < 4.78 is 30.0. The van der Waals surface area contributed by atoms with E-state index < -0.39 is 12.3 Å². The molecule has 0 saturated carbocycles. The van der Waals surface area contributed by atoms with Gasteiger partial charge in [0.2, 0.25) is 0 Å². The minimum absolute atomic E-state index is 0.103. The molecule has 9 heteroatoms. The van der Waals surface area contributed by atoms with Crippen LogP contribution in [-0.4, -0.2) is 36.8 Å². The van der Waals surface area contributed by atoms with Gasteiger partial charge >= 0.3 is 0 Å². The first kappa shape index (κ1) is 18.7. The SMILES string of the molecule is O=C(NCCCn1cccn1)c1cnn2c(C(F)F)cc(-c3ccccc3)nc12. The maximum Gasteiger partial charge on any atom is 0.280 e. The first-order valence-electron chi connectivity index (χ1n) is 9.11. The molecule has 0 radical (unpaired) electrons. The molecular weight excluding hydrogens is 378 g/mol. The normalized spacial score (nSPS) is 11.3. The quantitative estimate of drug-likeness (QED) is 0.486. The summed E-state index contributed by atoms with van der Waals surface area (Å²) in [4.78, 5) is 17.0. The van der Waals surface area contributed by atoms with Crippen LogP contribution in [0.5, 0.6) is 0 Å². The number of alkyl halides is 2. The van der Waals surface area contributed by atoms with Gasteiger partial charge in [-0.1, -0.05) is 30.3 Å². The van der Waals surface area contributed by atoms with E-state index in [0.29, 0.717) is 30.8 Å². The highest BCUT2D eigenvalue weighted by Gasteiger charge is 2.21. The van der Waals surface area contributed by atoms with Crippen LogP contribution in [0.3, 0.4) is 0 Å². The number of carbonyl (C=O) groups is 1. The molecule has 0 bridgehead atoms. The third kappa shape index (κ3) is 3.98. The topological polar surface area (TPSA) is 77.1 Å². The molecule has 1 amide bonds. The minimum Gasteiger partial charge on any atom is -0.352 e. The van der Waals surface area contributed by atoms with Crippen molar-refractivity contribution in [2.45, 2.75) is 19.4 Å². The number of carbonyl (C=O) groups excluding carboxylic acids is 1. The molecule has 3 heterocycles. The van der Waals surface area contributed by atoms with Gasteiger partial charge in [0, 0.05) is 31.0 Å². The number of amides is 1. The summed E-state index contributed by atoms with van der Waals surface area (Å²) in [5.74, 6) is -0.404. The van der Waals surface area contributed by atoms with E-state index in [1.54, 1.807) is 35.1 Å². The minimum atomic E-state index is -2.76. The fraction of sp³-hybridized carbons (Fsp3) is 0.200. The van der Waals surface area contributed by atoms with Gasteiger partial charge in [-0.15, -0.1) is 0 Å². The number of aromatic nitrogens is 5. The highest BCUT2D eigenvalue weighted by Crippen LogP contribution is 2.26. The monoisotopic (exact) mass is 396 g/mol. The van der Waals surface area contributed by atoms with Gasteiger partial charge in [0.25, 0.3) is 12.3 Å². The van der Waals surface area contributed by atoms with Gasteiger partial charge in [0.05, 0.1) is 11.9 Å². The number of fused-ring (bicyclic) bond motifs is 1. The lowest BCUT2D eigenvalue weighted by Crippen LogP contribution is -2.25. The third-order valence-corrected chi connectivity index (χ3v) is 4.45. The van der Waals surface area contributed by atoms with Crippen LogP contribution in [0, 0.1) is 0 Å². The van der Waals surface area contributed by atoms with Crippen molar-refractivity contribution in [1.29, 1.82) is 0 Å². The molecule has 4 rings (SSSR count). The molecule has 148 valence electrons. The Hall–Kier alpha value is -3.62. The summed E-state index contributed by atoms with van der Waals surface area (Å²) in [5, 5.41) is 10.8. The van der Waals surface area contributed by atoms with Gasteiger partial charge in [-0.25, -0.2) is 18.3 Å². The van der Waals surface area contributed by atoms with E-state index >= 15 is 0 Å². The number of hydrogen-bond donors (Lipinski definition) is 1. The predicted octanol–water partition coefficient (Wildman–Crippen LogP) is 3.35. The largest absolute Gasteiger partial charge is 0.352 e. The fourth-order valence-electron chi connectivity index (χ4n) is 3.03. The van der Waals surface area contributed by atoms with E-state index in [1.807, 2.05) is 18.3 Å². The third-order valence-electron chi connectivity index (χ3n) is 4.45. The van der Waals surface area contributed by atoms with Crippen LogP contribution in [0.4, 0.5) is 8.78 Å². The van der Waals surface area contributed by atoms with E-state index in [0.717, 1.165) is 4.52 Å². The lowest BCUT2D eigenvalue weighted by molar-refractivity contribution is 0.0953. The van der Waals surface area contributed by atoms with Crippen molar-refractivity contribution in [3.63, 3.8) is 0 Å². The van der Waals surface area contributed by atoms with Gasteiger partial charge in [0.15, 0.2) is 5.65 Å². The second-order valence-electron chi connectivity index (χ2n) is 6.41. The Morgan fingerprint density at radius 1 is 1.14 bits per heavy atom. The molecule has 0 spiro atoms. The average molecular weight is 396 g/mol. The average Bonchev–Trinajstić information content (AvgIpc) is 3.40. The van der Waals surface area contributed by atoms with Crippen molar-refractivity contribution in [2.75, 3.05) is 6.54 Å². The van der Waals surface area contributed by atoms with Gasteiger partial charge in [-0.3, -0.25) is 9.48 Å². The Bertz CT molecular complexity index is 1110. The Balaban J connectivity index is 1.59. The van der Waals surface area contributed by atoms with E-state index in [2.05, 4.69) is 20.5 Å². The second kappa shape index (κ2) is 8.17. The van der Waals surface area contributed by atoms with E-state index in [9.17, 15) is 13.6 Å². The molecule has 0 unspecified atom stereocenters. The Morgan fingerprint density at radius 2 is 1.97 bits per heavy atom. The number of rotatable bonds is 7. The molecule has 0 aliphatic rings. The summed E-state index contributed by atoms with van der Waals surface area (Å²) in [6.07, 6.45) is 2.72. The summed E-state index contributed by atoms with van der Waals surface area (Å²) in [6.45, 7) is 1.07. The standard InChI is InChI=1S/C20H18F2N6O/c21-18(22)17-12-16(14-6-2-1-3-7-14)26-19-15(13-25-28(17)19)20(29)23-8-4-10-27-11-5-9-24-27/h1-3,5-7,9,11-13,18H,4,8,10H2,(H,23,29). The van der Waals surface area contributed by atoms with Crippen molar-refractivity contribution in [1.82, 2.24) is 29.7 Å². The maximum atomic E-state index is 13.6.